The molecule has 4 rings (SSSR count). The van der Waals surface area contributed by atoms with Crippen LogP contribution in [-0.4, -0.2) is 18.9 Å². The SMILES string of the molecule is O=S(=O)(c1ccc(C(F)(F)F)cc1)n1cc2c3c(cccc31)CNCC2. The van der Waals surface area contributed by atoms with E-state index in [1.165, 1.54) is 3.97 Å². The molecule has 0 unspecified atom stereocenters. The summed E-state index contributed by atoms with van der Waals surface area (Å²) in [4.78, 5) is -0.172. The molecule has 1 N–H and O–H groups in total. The van der Waals surface area contributed by atoms with Crippen LogP contribution in [0.3, 0.4) is 0 Å². The summed E-state index contributed by atoms with van der Waals surface area (Å²) >= 11 is 0. The number of rotatable bonds is 2. The summed E-state index contributed by atoms with van der Waals surface area (Å²) in [5.74, 6) is 0. The van der Waals surface area contributed by atoms with Crippen molar-refractivity contribution < 1.29 is 21.6 Å². The number of nitrogens with zero attached hydrogens (tertiary/aromatic N) is 1. The van der Waals surface area contributed by atoms with Crippen molar-refractivity contribution in [2.45, 2.75) is 24.0 Å². The molecule has 0 bridgehead atoms. The first kappa shape index (κ1) is 17.1. The Labute approximate surface area is 148 Å². The molecule has 0 atom stereocenters. The van der Waals surface area contributed by atoms with E-state index in [1.807, 2.05) is 6.07 Å². The van der Waals surface area contributed by atoms with Crippen LogP contribution in [0, 0.1) is 0 Å². The van der Waals surface area contributed by atoms with E-state index in [4.69, 9.17) is 0 Å². The zero-order valence-corrected chi connectivity index (χ0v) is 14.4. The Morgan fingerprint density at radius 3 is 2.42 bits per heavy atom. The third-order valence-electron chi connectivity index (χ3n) is 4.59. The van der Waals surface area contributed by atoms with Gasteiger partial charge in [0.05, 0.1) is 16.0 Å². The fourth-order valence-electron chi connectivity index (χ4n) is 3.33. The van der Waals surface area contributed by atoms with Gasteiger partial charge in [0, 0.05) is 18.1 Å². The first-order valence-corrected chi connectivity index (χ1v) is 9.48. The molecule has 2 aromatic carbocycles. The minimum Gasteiger partial charge on any atom is -0.312 e. The van der Waals surface area contributed by atoms with E-state index in [2.05, 4.69) is 5.32 Å². The van der Waals surface area contributed by atoms with Crippen molar-refractivity contribution in [2.75, 3.05) is 6.54 Å². The molecule has 1 aromatic heterocycles. The van der Waals surface area contributed by atoms with E-state index in [0.29, 0.717) is 18.5 Å². The summed E-state index contributed by atoms with van der Waals surface area (Å²) in [6.45, 7) is 1.38. The van der Waals surface area contributed by atoms with Crippen LogP contribution in [0.1, 0.15) is 16.7 Å². The molecule has 0 fully saturated rings. The Morgan fingerprint density at radius 2 is 1.73 bits per heavy atom. The van der Waals surface area contributed by atoms with E-state index >= 15 is 0 Å². The van der Waals surface area contributed by atoms with Gasteiger partial charge in [-0.1, -0.05) is 12.1 Å². The van der Waals surface area contributed by atoms with Gasteiger partial charge in [-0.2, -0.15) is 13.2 Å². The van der Waals surface area contributed by atoms with Crippen LogP contribution in [0.4, 0.5) is 13.2 Å². The average Bonchev–Trinajstić information content (AvgIpc) is 2.85. The maximum absolute atomic E-state index is 13.0. The van der Waals surface area contributed by atoms with Crippen molar-refractivity contribution in [1.82, 2.24) is 9.29 Å². The minimum absolute atomic E-state index is 0.172. The predicted molar refractivity (Wildman–Crippen MR) is 91.4 cm³/mol. The predicted octanol–water partition coefficient (Wildman–Crippen LogP) is 3.54. The van der Waals surface area contributed by atoms with E-state index in [0.717, 1.165) is 47.3 Å². The molecular formula is C18H15F3N2O2S. The van der Waals surface area contributed by atoms with Gasteiger partial charge in [0.1, 0.15) is 0 Å². The summed E-state index contributed by atoms with van der Waals surface area (Å²) in [6.07, 6.45) is -2.24. The molecule has 136 valence electrons. The van der Waals surface area contributed by atoms with Gasteiger partial charge in [0.15, 0.2) is 0 Å². The van der Waals surface area contributed by atoms with Crippen LogP contribution in [0.25, 0.3) is 10.9 Å². The van der Waals surface area contributed by atoms with E-state index in [-0.39, 0.29) is 4.90 Å². The molecule has 1 aliphatic rings. The molecular weight excluding hydrogens is 365 g/mol. The number of halogens is 3. The van der Waals surface area contributed by atoms with Crippen LogP contribution < -0.4 is 5.32 Å². The highest BCUT2D eigenvalue weighted by atomic mass is 32.2. The lowest BCUT2D eigenvalue weighted by atomic mass is 10.1. The normalized spacial score (nSPS) is 15.2. The van der Waals surface area contributed by atoms with E-state index in [9.17, 15) is 21.6 Å². The summed E-state index contributed by atoms with van der Waals surface area (Å²) in [6, 6.07) is 9.03. The summed E-state index contributed by atoms with van der Waals surface area (Å²) < 4.78 is 65.4. The Bertz CT molecular complexity index is 1080. The standard InChI is InChI=1S/C18H15F3N2O2S/c19-18(20,21)14-4-6-15(7-5-14)26(24,25)23-11-13-8-9-22-10-12-2-1-3-16(23)17(12)13/h1-7,11,22H,8-10H2. The minimum atomic E-state index is -4.51. The zero-order chi connectivity index (χ0) is 18.5. The summed E-state index contributed by atoms with van der Waals surface area (Å²) in [7, 11) is -3.99. The van der Waals surface area contributed by atoms with Gasteiger partial charge < -0.3 is 5.32 Å². The fourth-order valence-corrected chi connectivity index (χ4v) is 4.71. The first-order valence-electron chi connectivity index (χ1n) is 8.04. The van der Waals surface area contributed by atoms with Crippen LogP contribution in [0.2, 0.25) is 0 Å². The van der Waals surface area contributed by atoms with Crippen molar-refractivity contribution in [1.29, 1.82) is 0 Å². The van der Waals surface area contributed by atoms with E-state index in [1.54, 1.807) is 18.3 Å². The van der Waals surface area contributed by atoms with Crippen molar-refractivity contribution in [3.8, 4) is 0 Å². The summed E-state index contributed by atoms with van der Waals surface area (Å²) in [5.41, 5.74) is 1.59. The second-order valence-corrected chi connectivity index (χ2v) is 8.03. The molecule has 0 spiro atoms. The molecule has 4 nitrogen and oxygen atoms in total. The Balaban J connectivity index is 1.87. The van der Waals surface area contributed by atoms with Gasteiger partial charge in [0.25, 0.3) is 10.0 Å². The molecule has 26 heavy (non-hydrogen) atoms. The molecule has 0 saturated heterocycles. The third-order valence-corrected chi connectivity index (χ3v) is 6.27. The van der Waals surface area contributed by atoms with Crippen LogP contribution in [0.15, 0.2) is 53.6 Å². The topological polar surface area (TPSA) is 51.1 Å². The maximum Gasteiger partial charge on any atom is 0.416 e. The highest BCUT2D eigenvalue weighted by Crippen LogP contribution is 2.32. The van der Waals surface area contributed by atoms with Crippen LogP contribution in [0.5, 0.6) is 0 Å². The average molecular weight is 380 g/mol. The number of nitrogens with one attached hydrogen (secondary N) is 1. The Hall–Kier alpha value is -2.32. The maximum atomic E-state index is 13.0. The van der Waals surface area contributed by atoms with Crippen molar-refractivity contribution in [2.24, 2.45) is 0 Å². The molecule has 0 saturated carbocycles. The van der Waals surface area contributed by atoms with Gasteiger partial charge in [-0.15, -0.1) is 0 Å². The number of alkyl halides is 3. The molecule has 2 heterocycles. The smallest absolute Gasteiger partial charge is 0.312 e. The third kappa shape index (κ3) is 2.69. The second-order valence-electron chi connectivity index (χ2n) is 6.22. The quantitative estimate of drug-likeness (QED) is 0.740. The number of hydrogen-bond donors (Lipinski definition) is 1. The van der Waals surface area contributed by atoms with Crippen LogP contribution in [-0.2, 0) is 29.2 Å². The fraction of sp³-hybridized carbons (Fsp3) is 0.222. The van der Waals surface area contributed by atoms with Gasteiger partial charge >= 0.3 is 6.18 Å². The summed E-state index contributed by atoms with van der Waals surface area (Å²) in [5, 5.41) is 4.18. The van der Waals surface area contributed by atoms with Gasteiger partial charge in [-0.25, -0.2) is 12.4 Å². The molecule has 0 aliphatic carbocycles. The Kier molecular flexibility index (Phi) is 3.85. The van der Waals surface area contributed by atoms with Crippen molar-refractivity contribution in [3.05, 3.63) is 65.4 Å². The lowest BCUT2D eigenvalue weighted by Gasteiger charge is -2.11. The highest BCUT2D eigenvalue weighted by molar-refractivity contribution is 7.90. The van der Waals surface area contributed by atoms with Gasteiger partial charge in [-0.3, -0.25) is 0 Å². The molecule has 8 heteroatoms. The first-order chi connectivity index (χ1) is 12.3. The van der Waals surface area contributed by atoms with Crippen molar-refractivity contribution in [3.63, 3.8) is 0 Å². The monoisotopic (exact) mass is 380 g/mol. The van der Waals surface area contributed by atoms with Crippen molar-refractivity contribution >= 4 is 20.9 Å². The second kappa shape index (κ2) is 5.85. The lowest BCUT2D eigenvalue weighted by Crippen LogP contribution is -2.15. The Morgan fingerprint density at radius 1 is 1.00 bits per heavy atom. The van der Waals surface area contributed by atoms with Gasteiger partial charge in [-0.05, 0) is 54.4 Å². The van der Waals surface area contributed by atoms with E-state index < -0.39 is 21.8 Å². The molecule has 1 aliphatic heterocycles. The van der Waals surface area contributed by atoms with Crippen LogP contribution >= 0.6 is 0 Å². The number of aromatic nitrogens is 1. The lowest BCUT2D eigenvalue weighted by molar-refractivity contribution is -0.137. The molecule has 0 radical (unpaired) electrons. The number of hydrogen-bond acceptors (Lipinski definition) is 3. The number of benzene rings is 2. The molecule has 0 amide bonds. The zero-order valence-electron chi connectivity index (χ0n) is 13.5. The van der Waals surface area contributed by atoms with Gasteiger partial charge in [0.2, 0.25) is 0 Å². The highest BCUT2D eigenvalue weighted by Gasteiger charge is 2.31. The largest absolute Gasteiger partial charge is 0.416 e. The molecule has 3 aromatic rings.